The third-order valence-electron chi connectivity index (χ3n) is 5.30. The number of pyridine rings is 2. The van der Waals surface area contributed by atoms with Gasteiger partial charge in [-0.3, -0.25) is 4.79 Å². The van der Waals surface area contributed by atoms with Crippen LogP contribution in [0.25, 0.3) is 32.8 Å². The van der Waals surface area contributed by atoms with E-state index in [4.69, 9.17) is 18.9 Å². The van der Waals surface area contributed by atoms with Crippen LogP contribution in [0.15, 0.2) is 23.0 Å². The molecule has 0 saturated carbocycles. The Labute approximate surface area is 171 Å². The van der Waals surface area contributed by atoms with Crippen molar-refractivity contribution in [3.05, 3.63) is 28.6 Å². The molecule has 5 rings (SSSR count). The van der Waals surface area contributed by atoms with Gasteiger partial charge in [-0.1, -0.05) is 13.3 Å². The van der Waals surface area contributed by atoms with Crippen LogP contribution in [0.5, 0.6) is 23.1 Å². The van der Waals surface area contributed by atoms with Crippen LogP contribution in [0, 0.1) is 0 Å². The lowest BCUT2D eigenvalue weighted by Crippen LogP contribution is -2.23. The average molecular weight is 408 g/mol. The fraction of sp³-hybridized carbons (Fsp3) is 0.333. The summed E-state index contributed by atoms with van der Waals surface area (Å²) in [6.07, 6.45) is 1.77. The molecule has 0 amide bonds. The van der Waals surface area contributed by atoms with Crippen molar-refractivity contribution in [2.75, 3.05) is 21.0 Å². The topological polar surface area (TPSA) is 97.6 Å². The van der Waals surface area contributed by atoms with Gasteiger partial charge in [0.2, 0.25) is 6.79 Å². The van der Waals surface area contributed by atoms with Crippen LogP contribution in [0.1, 0.15) is 19.8 Å². The number of nitrogens with zero attached hydrogens (tertiary/aromatic N) is 4. The Morgan fingerprint density at radius 3 is 2.57 bits per heavy atom. The van der Waals surface area contributed by atoms with Gasteiger partial charge in [0.1, 0.15) is 11.0 Å². The van der Waals surface area contributed by atoms with E-state index >= 15 is 0 Å². The SMILES string of the molecule is CCCCn1c(=O)c2nc(OC)c(OC)cc2c2nnc3cc4c(cc3c21)OCO4. The number of hydrogen-bond donors (Lipinski definition) is 0. The Morgan fingerprint density at radius 1 is 1.03 bits per heavy atom. The van der Waals surface area contributed by atoms with Crippen LogP contribution < -0.4 is 24.5 Å². The number of aromatic nitrogens is 4. The molecule has 9 heteroatoms. The van der Waals surface area contributed by atoms with Crippen molar-refractivity contribution in [2.24, 2.45) is 0 Å². The van der Waals surface area contributed by atoms with E-state index < -0.39 is 0 Å². The number of aryl methyl sites for hydroxylation is 1. The summed E-state index contributed by atoms with van der Waals surface area (Å²) >= 11 is 0. The van der Waals surface area contributed by atoms with Gasteiger partial charge in [-0.15, -0.1) is 10.2 Å². The quantitative estimate of drug-likeness (QED) is 0.465. The Balaban J connectivity index is 1.96. The molecule has 154 valence electrons. The van der Waals surface area contributed by atoms with Crippen molar-refractivity contribution >= 4 is 32.8 Å². The summed E-state index contributed by atoms with van der Waals surface area (Å²) in [6.45, 7) is 2.77. The van der Waals surface area contributed by atoms with Crippen molar-refractivity contribution in [3.8, 4) is 23.1 Å². The zero-order valence-corrected chi connectivity index (χ0v) is 16.9. The van der Waals surface area contributed by atoms with Crippen LogP contribution in [0.3, 0.4) is 0 Å². The molecule has 9 nitrogen and oxygen atoms in total. The molecule has 1 aromatic carbocycles. The smallest absolute Gasteiger partial charge is 0.277 e. The highest BCUT2D eigenvalue weighted by Gasteiger charge is 2.22. The van der Waals surface area contributed by atoms with Crippen molar-refractivity contribution in [1.82, 2.24) is 19.7 Å². The molecule has 0 spiro atoms. The maximum Gasteiger partial charge on any atom is 0.277 e. The van der Waals surface area contributed by atoms with Crippen molar-refractivity contribution in [1.29, 1.82) is 0 Å². The molecule has 1 aliphatic rings. The molecule has 1 aliphatic heterocycles. The lowest BCUT2D eigenvalue weighted by atomic mass is 10.1. The van der Waals surface area contributed by atoms with Crippen molar-refractivity contribution < 1.29 is 18.9 Å². The van der Waals surface area contributed by atoms with Gasteiger partial charge in [0, 0.05) is 23.4 Å². The van der Waals surface area contributed by atoms with E-state index in [9.17, 15) is 4.79 Å². The van der Waals surface area contributed by atoms with E-state index in [2.05, 4.69) is 22.1 Å². The lowest BCUT2D eigenvalue weighted by Gasteiger charge is -2.15. The number of rotatable bonds is 5. The van der Waals surface area contributed by atoms with Gasteiger partial charge in [0.15, 0.2) is 17.2 Å². The summed E-state index contributed by atoms with van der Waals surface area (Å²) in [5.74, 6) is 1.91. The molecule has 3 aromatic heterocycles. The van der Waals surface area contributed by atoms with Crippen LogP contribution in [-0.2, 0) is 6.54 Å². The Kier molecular flexibility index (Phi) is 4.30. The third-order valence-corrected chi connectivity index (χ3v) is 5.30. The molecule has 4 heterocycles. The molecule has 0 N–H and O–H groups in total. The molecule has 30 heavy (non-hydrogen) atoms. The maximum atomic E-state index is 13.5. The third kappa shape index (κ3) is 2.62. The van der Waals surface area contributed by atoms with Gasteiger partial charge in [0.05, 0.1) is 25.3 Å². The lowest BCUT2D eigenvalue weighted by molar-refractivity contribution is 0.174. The van der Waals surface area contributed by atoms with Gasteiger partial charge in [0.25, 0.3) is 11.4 Å². The highest BCUT2D eigenvalue weighted by atomic mass is 16.7. The Morgan fingerprint density at radius 2 is 1.83 bits per heavy atom. The molecule has 0 radical (unpaired) electrons. The summed E-state index contributed by atoms with van der Waals surface area (Å²) in [4.78, 5) is 17.9. The first-order chi connectivity index (χ1) is 14.7. The first-order valence-corrected chi connectivity index (χ1v) is 9.71. The summed E-state index contributed by atoms with van der Waals surface area (Å²) < 4.78 is 23.4. The number of hydrogen-bond acceptors (Lipinski definition) is 8. The van der Waals surface area contributed by atoms with Gasteiger partial charge in [-0.2, -0.15) is 0 Å². The second kappa shape index (κ2) is 7.01. The van der Waals surface area contributed by atoms with E-state index in [0.29, 0.717) is 45.7 Å². The fourth-order valence-corrected chi connectivity index (χ4v) is 3.81. The molecule has 0 aliphatic carbocycles. The first kappa shape index (κ1) is 18.4. The average Bonchev–Trinajstić information content (AvgIpc) is 3.23. The standard InChI is InChI=1S/C21H20N4O5/c1-4-5-6-25-19-11-7-14-15(30-10-29-14)9-13(11)23-24-17(19)12-8-16(27-2)20(28-3)22-18(12)21(25)26/h7-9H,4-6,10H2,1-3H3. The monoisotopic (exact) mass is 408 g/mol. The van der Waals surface area contributed by atoms with E-state index in [1.54, 1.807) is 16.7 Å². The predicted octanol–water partition coefficient (Wildman–Crippen LogP) is 3.04. The zero-order chi connectivity index (χ0) is 20.8. The van der Waals surface area contributed by atoms with Gasteiger partial charge in [-0.25, -0.2) is 4.98 Å². The number of unbranched alkanes of at least 4 members (excludes halogenated alkanes) is 1. The van der Waals surface area contributed by atoms with Crippen molar-refractivity contribution in [2.45, 2.75) is 26.3 Å². The highest BCUT2D eigenvalue weighted by molar-refractivity contribution is 6.12. The second-order valence-corrected chi connectivity index (χ2v) is 7.03. The number of ether oxygens (including phenoxy) is 4. The summed E-state index contributed by atoms with van der Waals surface area (Å²) in [5.41, 5.74) is 1.95. The van der Waals surface area contributed by atoms with Gasteiger partial charge in [-0.05, 0) is 18.6 Å². The van der Waals surface area contributed by atoms with Crippen LogP contribution in [-0.4, -0.2) is 40.8 Å². The zero-order valence-electron chi connectivity index (χ0n) is 16.9. The van der Waals surface area contributed by atoms with Crippen LogP contribution >= 0.6 is 0 Å². The fourth-order valence-electron chi connectivity index (χ4n) is 3.81. The maximum absolute atomic E-state index is 13.5. The Bertz CT molecular complexity index is 1370. The minimum absolute atomic E-state index is 0.156. The van der Waals surface area contributed by atoms with E-state index in [1.165, 1.54) is 14.2 Å². The molecule has 0 fully saturated rings. The van der Waals surface area contributed by atoms with Gasteiger partial charge >= 0.3 is 0 Å². The van der Waals surface area contributed by atoms with E-state index in [0.717, 1.165) is 18.2 Å². The molecule has 4 aromatic rings. The summed E-state index contributed by atoms with van der Waals surface area (Å²) in [7, 11) is 3.01. The van der Waals surface area contributed by atoms with Crippen LogP contribution in [0.2, 0.25) is 0 Å². The largest absolute Gasteiger partial charge is 0.491 e. The summed E-state index contributed by atoms with van der Waals surface area (Å²) in [6, 6.07) is 5.37. The molecular weight excluding hydrogens is 388 g/mol. The highest BCUT2D eigenvalue weighted by Crippen LogP contribution is 2.38. The number of methoxy groups -OCH3 is 2. The molecular formula is C21H20N4O5. The van der Waals surface area contributed by atoms with E-state index in [1.807, 2.05) is 6.07 Å². The van der Waals surface area contributed by atoms with Gasteiger partial charge < -0.3 is 23.5 Å². The molecule has 0 bridgehead atoms. The normalized spacial score (nSPS) is 12.8. The summed E-state index contributed by atoms with van der Waals surface area (Å²) in [5, 5.41) is 10.2. The predicted molar refractivity (Wildman–Crippen MR) is 111 cm³/mol. The molecule has 0 saturated heterocycles. The van der Waals surface area contributed by atoms with Crippen molar-refractivity contribution in [3.63, 3.8) is 0 Å². The Hall–Kier alpha value is -3.62. The number of fused-ring (bicyclic) bond motifs is 6. The molecule has 0 atom stereocenters. The minimum atomic E-state index is -0.209. The molecule has 0 unspecified atom stereocenters. The first-order valence-electron chi connectivity index (χ1n) is 9.71. The van der Waals surface area contributed by atoms with E-state index in [-0.39, 0.29) is 23.7 Å². The second-order valence-electron chi connectivity index (χ2n) is 7.03. The minimum Gasteiger partial charge on any atom is -0.491 e. The number of benzene rings is 1. The van der Waals surface area contributed by atoms with Crippen LogP contribution in [0.4, 0.5) is 0 Å².